The molecular formula is C32H33N3O7. The molecule has 0 aliphatic heterocycles. The lowest BCUT2D eigenvalue weighted by atomic mass is 10.00. The summed E-state index contributed by atoms with van der Waals surface area (Å²) in [4.78, 5) is 64.6. The Kier molecular flexibility index (Phi) is 11.6. The van der Waals surface area contributed by atoms with Gasteiger partial charge in [0.15, 0.2) is 0 Å². The molecule has 3 rings (SSSR count). The Balaban J connectivity index is 1.89. The zero-order chi connectivity index (χ0) is 30.5. The van der Waals surface area contributed by atoms with Crippen LogP contribution in [0.2, 0.25) is 0 Å². The highest BCUT2D eigenvalue weighted by atomic mass is 16.5. The fraction of sp³-hybridized carbons (Fsp3) is 0.219. The third-order valence-electron chi connectivity index (χ3n) is 6.33. The molecule has 0 unspecified atom stereocenters. The summed E-state index contributed by atoms with van der Waals surface area (Å²) in [7, 11) is 2.44. The van der Waals surface area contributed by atoms with Gasteiger partial charge < -0.3 is 25.4 Å². The molecule has 42 heavy (non-hydrogen) atoms. The third kappa shape index (κ3) is 8.62. The van der Waals surface area contributed by atoms with Gasteiger partial charge in [-0.05, 0) is 29.3 Å². The first-order chi connectivity index (χ1) is 20.3. The van der Waals surface area contributed by atoms with Gasteiger partial charge in [-0.3, -0.25) is 14.4 Å². The zero-order valence-corrected chi connectivity index (χ0v) is 23.4. The summed E-state index contributed by atoms with van der Waals surface area (Å²) in [5, 5.41) is 7.89. The summed E-state index contributed by atoms with van der Waals surface area (Å²) >= 11 is 0. The molecule has 3 N–H and O–H groups in total. The predicted octanol–water partition coefficient (Wildman–Crippen LogP) is 2.63. The number of ether oxygens (including phenoxy) is 2. The molecule has 0 aliphatic rings. The van der Waals surface area contributed by atoms with Crippen LogP contribution >= 0.6 is 0 Å². The first-order valence-corrected chi connectivity index (χ1v) is 13.2. The standard InChI is InChI=1S/C32H33N3O7/c1-4-17-33-29(37)25-20-23(28(36)34-26(31(39)41-2)18-21-11-7-5-8-12-21)15-16-24(25)30(38)35-27(32(40)42-3)19-22-13-9-6-10-14-22/h4-16,20,26-27H,1,17-19H2,2-3H3,(H,33,37)(H,34,36)(H,35,38)/t26-,27-/m0/s1. The molecule has 0 bridgehead atoms. The van der Waals surface area contributed by atoms with Crippen LogP contribution in [-0.2, 0) is 31.9 Å². The van der Waals surface area contributed by atoms with E-state index in [-0.39, 0.29) is 36.1 Å². The summed E-state index contributed by atoms with van der Waals surface area (Å²) in [5.74, 6) is -3.30. The molecule has 0 aliphatic carbocycles. The molecule has 0 spiro atoms. The molecular weight excluding hydrogens is 538 g/mol. The van der Waals surface area contributed by atoms with E-state index in [1.807, 2.05) is 60.7 Å². The lowest BCUT2D eigenvalue weighted by Gasteiger charge is -2.19. The van der Waals surface area contributed by atoms with Gasteiger partial charge in [0.05, 0.1) is 25.3 Å². The Morgan fingerprint density at radius 2 is 1.19 bits per heavy atom. The quantitative estimate of drug-likeness (QED) is 0.212. The van der Waals surface area contributed by atoms with E-state index in [2.05, 4.69) is 22.5 Å². The second-order valence-corrected chi connectivity index (χ2v) is 9.24. The minimum absolute atomic E-state index is 0.0334. The van der Waals surface area contributed by atoms with Crippen LogP contribution in [0, 0.1) is 0 Å². The number of methoxy groups -OCH3 is 2. The maximum atomic E-state index is 13.4. The van der Waals surface area contributed by atoms with E-state index in [9.17, 15) is 24.0 Å². The molecule has 10 nitrogen and oxygen atoms in total. The van der Waals surface area contributed by atoms with E-state index in [0.29, 0.717) is 0 Å². The lowest BCUT2D eigenvalue weighted by molar-refractivity contribution is -0.143. The largest absolute Gasteiger partial charge is 0.467 e. The van der Waals surface area contributed by atoms with E-state index in [1.54, 1.807) is 0 Å². The topological polar surface area (TPSA) is 140 Å². The van der Waals surface area contributed by atoms with Crippen LogP contribution in [0.15, 0.2) is 91.5 Å². The summed E-state index contributed by atoms with van der Waals surface area (Å²) in [5.41, 5.74) is 1.46. The van der Waals surface area contributed by atoms with Crippen molar-refractivity contribution in [3.8, 4) is 0 Å². The smallest absolute Gasteiger partial charge is 0.328 e. The number of carbonyl (C=O) groups excluding carboxylic acids is 5. The van der Waals surface area contributed by atoms with Gasteiger partial charge in [0.2, 0.25) is 0 Å². The van der Waals surface area contributed by atoms with Crippen molar-refractivity contribution in [2.45, 2.75) is 24.9 Å². The fourth-order valence-corrected chi connectivity index (χ4v) is 4.18. The van der Waals surface area contributed by atoms with Gasteiger partial charge in [-0.1, -0.05) is 66.7 Å². The minimum Gasteiger partial charge on any atom is -0.467 e. The van der Waals surface area contributed by atoms with Gasteiger partial charge in [-0.25, -0.2) is 9.59 Å². The highest BCUT2D eigenvalue weighted by molar-refractivity contribution is 6.10. The highest BCUT2D eigenvalue weighted by Gasteiger charge is 2.27. The van der Waals surface area contributed by atoms with E-state index >= 15 is 0 Å². The van der Waals surface area contributed by atoms with Crippen LogP contribution < -0.4 is 16.0 Å². The first kappa shape index (κ1) is 31.3. The highest BCUT2D eigenvalue weighted by Crippen LogP contribution is 2.15. The minimum atomic E-state index is -1.03. The Morgan fingerprint density at radius 1 is 0.690 bits per heavy atom. The molecule has 3 amide bonds. The van der Waals surface area contributed by atoms with Crippen LogP contribution in [0.5, 0.6) is 0 Å². The van der Waals surface area contributed by atoms with Gasteiger partial charge >= 0.3 is 11.9 Å². The number of hydrogen-bond acceptors (Lipinski definition) is 7. The average Bonchev–Trinajstić information content (AvgIpc) is 3.02. The van der Waals surface area contributed by atoms with Crippen molar-refractivity contribution in [2.24, 2.45) is 0 Å². The Morgan fingerprint density at radius 3 is 1.67 bits per heavy atom. The molecule has 0 saturated carbocycles. The first-order valence-electron chi connectivity index (χ1n) is 13.2. The number of amides is 3. The number of nitrogens with one attached hydrogen (secondary N) is 3. The lowest BCUT2D eigenvalue weighted by Crippen LogP contribution is -2.44. The molecule has 2 atom stereocenters. The van der Waals surface area contributed by atoms with E-state index < -0.39 is 41.7 Å². The van der Waals surface area contributed by atoms with E-state index in [0.717, 1.165) is 11.1 Å². The number of carbonyl (C=O) groups is 5. The molecule has 218 valence electrons. The Hall–Kier alpha value is -5.25. The van der Waals surface area contributed by atoms with Gasteiger partial charge in [-0.15, -0.1) is 6.58 Å². The molecule has 0 fully saturated rings. The Bertz CT molecular complexity index is 1420. The fourth-order valence-electron chi connectivity index (χ4n) is 4.18. The van der Waals surface area contributed by atoms with E-state index in [1.165, 1.54) is 38.5 Å². The maximum Gasteiger partial charge on any atom is 0.328 e. The molecule has 0 heterocycles. The van der Waals surface area contributed by atoms with Crippen molar-refractivity contribution in [1.82, 2.24) is 16.0 Å². The summed E-state index contributed by atoms with van der Waals surface area (Å²) < 4.78 is 9.74. The van der Waals surface area contributed by atoms with Gasteiger partial charge in [0.1, 0.15) is 12.1 Å². The number of rotatable bonds is 13. The number of hydrogen-bond donors (Lipinski definition) is 3. The van der Waals surface area contributed by atoms with Crippen molar-refractivity contribution in [1.29, 1.82) is 0 Å². The second-order valence-electron chi connectivity index (χ2n) is 9.24. The normalized spacial score (nSPS) is 11.8. The van der Waals surface area contributed by atoms with Crippen molar-refractivity contribution in [2.75, 3.05) is 20.8 Å². The second kappa shape index (κ2) is 15.5. The molecule has 0 aromatic heterocycles. The van der Waals surface area contributed by atoms with Crippen LogP contribution in [0.25, 0.3) is 0 Å². The average molecular weight is 572 g/mol. The molecule has 3 aromatic rings. The number of benzene rings is 3. The van der Waals surface area contributed by atoms with Crippen molar-refractivity contribution < 1.29 is 33.4 Å². The van der Waals surface area contributed by atoms with Crippen LogP contribution in [0.3, 0.4) is 0 Å². The van der Waals surface area contributed by atoms with E-state index in [4.69, 9.17) is 9.47 Å². The van der Waals surface area contributed by atoms with Crippen LogP contribution in [0.1, 0.15) is 42.2 Å². The molecule has 3 aromatic carbocycles. The summed E-state index contributed by atoms with van der Waals surface area (Å²) in [6.45, 7) is 3.68. The maximum absolute atomic E-state index is 13.4. The number of esters is 2. The third-order valence-corrected chi connectivity index (χ3v) is 6.33. The van der Waals surface area contributed by atoms with Gasteiger partial charge in [0.25, 0.3) is 17.7 Å². The molecule has 0 radical (unpaired) electrons. The van der Waals surface area contributed by atoms with Crippen molar-refractivity contribution in [3.05, 3.63) is 119 Å². The SMILES string of the molecule is C=CCNC(=O)c1cc(C(=O)N[C@@H](Cc2ccccc2)C(=O)OC)ccc1C(=O)N[C@@H](Cc1ccccc1)C(=O)OC. The van der Waals surface area contributed by atoms with Crippen molar-refractivity contribution in [3.63, 3.8) is 0 Å². The van der Waals surface area contributed by atoms with Gasteiger partial charge in [0, 0.05) is 24.9 Å². The summed E-state index contributed by atoms with van der Waals surface area (Å²) in [6, 6.07) is 20.1. The zero-order valence-electron chi connectivity index (χ0n) is 23.4. The molecule has 0 saturated heterocycles. The summed E-state index contributed by atoms with van der Waals surface area (Å²) in [6.07, 6.45) is 1.81. The Labute approximate surface area is 244 Å². The molecule has 10 heteroatoms. The van der Waals surface area contributed by atoms with Crippen LogP contribution in [-0.4, -0.2) is 62.5 Å². The van der Waals surface area contributed by atoms with Crippen LogP contribution in [0.4, 0.5) is 0 Å². The predicted molar refractivity (Wildman–Crippen MR) is 156 cm³/mol. The monoisotopic (exact) mass is 571 g/mol. The van der Waals surface area contributed by atoms with Crippen molar-refractivity contribution >= 4 is 29.7 Å². The van der Waals surface area contributed by atoms with Gasteiger partial charge in [-0.2, -0.15) is 0 Å².